The fraction of sp³-hybridized carbons (Fsp3) is 0.172. The third-order valence-corrected chi connectivity index (χ3v) is 8.18. The van der Waals surface area contributed by atoms with Gasteiger partial charge in [0, 0.05) is 47.2 Å². The predicted octanol–water partition coefficient (Wildman–Crippen LogP) is 7.58. The van der Waals surface area contributed by atoms with Crippen LogP contribution < -0.4 is 4.90 Å². The predicted molar refractivity (Wildman–Crippen MR) is 151 cm³/mol. The molecular formula is C29H24Cl2N4S. The largest absolute Gasteiger partial charge is 0.353 e. The minimum absolute atomic E-state index is 0.182. The number of hydrogen-bond donors (Lipinski definition) is 0. The second-order valence-corrected chi connectivity index (χ2v) is 10.7. The quantitative estimate of drug-likeness (QED) is 0.234. The molecule has 0 amide bonds. The van der Waals surface area contributed by atoms with Crippen molar-refractivity contribution in [1.82, 2.24) is 14.9 Å². The monoisotopic (exact) mass is 530 g/mol. The second-order valence-electron chi connectivity index (χ2n) is 8.92. The Kier molecular flexibility index (Phi) is 6.63. The molecule has 3 aromatic carbocycles. The maximum Gasteiger partial charge on any atom is 0.141 e. The lowest BCUT2D eigenvalue weighted by Gasteiger charge is -2.40. The van der Waals surface area contributed by atoms with E-state index >= 15 is 0 Å². The highest BCUT2D eigenvalue weighted by Crippen LogP contribution is 2.39. The maximum atomic E-state index is 6.20. The number of anilines is 1. The van der Waals surface area contributed by atoms with Crippen molar-refractivity contribution in [3.63, 3.8) is 0 Å². The number of aromatic nitrogens is 2. The van der Waals surface area contributed by atoms with E-state index in [4.69, 9.17) is 28.2 Å². The first-order valence-electron chi connectivity index (χ1n) is 11.9. The Morgan fingerprint density at radius 1 is 0.722 bits per heavy atom. The molecule has 2 aromatic heterocycles. The lowest BCUT2D eigenvalue weighted by molar-refractivity contribution is 0.212. The number of thiophene rings is 1. The molecule has 180 valence electrons. The summed E-state index contributed by atoms with van der Waals surface area (Å²) < 4.78 is 0. The van der Waals surface area contributed by atoms with Crippen molar-refractivity contribution in [3.05, 3.63) is 112 Å². The molecule has 0 radical (unpaired) electrons. The molecule has 1 atom stereocenters. The van der Waals surface area contributed by atoms with E-state index in [2.05, 4.69) is 74.8 Å². The molecule has 1 fully saturated rings. The molecule has 36 heavy (non-hydrogen) atoms. The summed E-state index contributed by atoms with van der Waals surface area (Å²) in [6.45, 7) is 3.63. The van der Waals surface area contributed by atoms with Crippen molar-refractivity contribution in [2.45, 2.75) is 6.04 Å². The fourth-order valence-corrected chi connectivity index (χ4v) is 6.19. The summed E-state index contributed by atoms with van der Waals surface area (Å²) in [7, 11) is 0. The molecule has 7 heteroatoms. The molecule has 0 N–H and O–H groups in total. The van der Waals surface area contributed by atoms with Crippen molar-refractivity contribution >= 4 is 50.6 Å². The van der Waals surface area contributed by atoms with Crippen LogP contribution in [0.25, 0.3) is 21.3 Å². The average molecular weight is 532 g/mol. The normalized spacial score (nSPS) is 15.3. The minimum atomic E-state index is 0.182. The van der Waals surface area contributed by atoms with E-state index in [1.165, 1.54) is 11.1 Å². The average Bonchev–Trinajstić information content (AvgIpc) is 3.36. The summed E-state index contributed by atoms with van der Waals surface area (Å²) in [5, 5.41) is 4.79. The first kappa shape index (κ1) is 23.4. The van der Waals surface area contributed by atoms with Crippen LogP contribution in [-0.2, 0) is 0 Å². The molecule has 1 unspecified atom stereocenters. The van der Waals surface area contributed by atoms with Crippen molar-refractivity contribution in [2.75, 3.05) is 31.1 Å². The van der Waals surface area contributed by atoms with Crippen molar-refractivity contribution < 1.29 is 0 Å². The van der Waals surface area contributed by atoms with E-state index in [0.29, 0.717) is 0 Å². The molecule has 6 rings (SSSR count). The van der Waals surface area contributed by atoms with Gasteiger partial charge in [-0.3, -0.25) is 4.90 Å². The molecule has 1 aliphatic rings. The van der Waals surface area contributed by atoms with E-state index in [0.717, 1.165) is 63.4 Å². The van der Waals surface area contributed by atoms with Crippen molar-refractivity contribution in [3.8, 4) is 11.1 Å². The molecule has 1 aliphatic heterocycles. The number of halogens is 2. The topological polar surface area (TPSA) is 32.3 Å². The molecule has 5 aromatic rings. The number of rotatable bonds is 5. The molecule has 0 aliphatic carbocycles. The third-order valence-electron chi connectivity index (χ3n) is 6.79. The summed E-state index contributed by atoms with van der Waals surface area (Å²) in [6.07, 6.45) is 1.69. The van der Waals surface area contributed by atoms with Gasteiger partial charge in [0.15, 0.2) is 0 Å². The van der Waals surface area contributed by atoms with Gasteiger partial charge in [-0.25, -0.2) is 9.97 Å². The van der Waals surface area contributed by atoms with Crippen molar-refractivity contribution in [1.29, 1.82) is 0 Å². The SMILES string of the molecule is Clc1ccc(-c2csc3ncnc(N4CCN(C(c5ccccc5)c5ccc(Cl)cc5)CC4)c23)cc1. The van der Waals surface area contributed by atoms with Gasteiger partial charge in [0.1, 0.15) is 17.0 Å². The Bertz CT molecular complexity index is 1460. The molecule has 0 spiro atoms. The molecular weight excluding hydrogens is 507 g/mol. The number of piperazine rings is 1. The summed E-state index contributed by atoms with van der Waals surface area (Å²) in [6, 6.07) is 27.1. The van der Waals surface area contributed by atoms with Crippen LogP contribution in [0.5, 0.6) is 0 Å². The van der Waals surface area contributed by atoms with E-state index in [9.17, 15) is 0 Å². The van der Waals surface area contributed by atoms with E-state index in [1.54, 1.807) is 17.7 Å². The molecule has 1 saturated heterocycles. The van der Waals surface area contributed by atoms with Gasteiger partial charge in [-0.2, -0.15) is 0 Å². The zero-order valence-electron chi connectivity index (χ0n) is 19.5. The Labute approximate surface area is 224 Å². The van der Waals surface area contributed by atoms with Crippen LogP contribution in [0, 0.1) is 0 Å². The summed E-state index contributed by atoms with van der Waals surface area (Å²) in [5.41, 5.74) is 4.84. The highest BCUT2D eigenvalue weighted by Gasteiger charge is 2.28. The smallest absolute Gasteiger partial charge is 0.141 e. The third kappa shape index (κ3) is 4.60. The Morgan fingerprint density at radius 3 is 2.06 bits per heavy atom. The van der Waals surface area contributed by atoms with E-state index < -0.39 is 0 Å². The maximum absolute atomic E-state index is 6.20. The van der Waals surface area contributed by atoms with E-state index in [-0.39, 0.29) is 6.04 Å². The van der Waals surface area contributed by atoms with Gasteiger partial charge in [-0.05, 0) is 41.0 Å². The molecule has 0 saturated carbocycles. The molecule has 3 heterocycles. The molecule has 0 bridgehead atoms. The lowest BCUT2D eigenvalue weighted by atomic mass is 9.96. The highest BCUT2D eigenvalue weighted by molar-refractivity contribution is 7.17. The van der Waals surface area contributed by atoms with Gasteiger partial charge in [0.25, 0.3) is 0 Å². The van der Waals surface area contributed by atoms with Gasteiger partial charge >= 0.3 is 0 Å². The zero-order valence-corrected chi connectivity index (χ0v) is 21.8. The first-order chi connectivity index (χ1) is 17.7. The summed E-state index contributed by atoms with van der Waals surface area (Å²) in [4.78, 5) is 15.3. The van der Waals surface area contributed by atoms with Crippen LogP contribution in [0.3, 0.4) is 0 Å². The van der Waals surface area contributed by atoms with Crippen molar-refractivity contribution in [2.24, 2.45) is 0 Å². The zero-order chi connectivity index (χ0) is 24.5. The van der Waals surface area contributed by atoms with Gasteiger partial charge < -0.3 is 4.90 Å². The Hall–Kier alpha value is -2.96. The number of hydrogen-bond acceptors (Lipinski definition) is 5. The fourth-order valence-electron chi connectivity index (χ4n) is 5.03. The summed E-state index contributed by atoms with van der Waals surface area (Å²) >= 11 is 14.0. The Balaban J connectivity index is 1.30. The highest BCUT2D eigenvalue weighted by atomic mass is 35.5. The van der Waals surface area contributed by atoms with Crippen LogP contribution in [0.1, 0.15) is 17.2 Å². The first-order valence-corrected chi connectivity index (χ1v) is 13.6. The number of fused-ring (bicyclic) bond motifs is 1. The van der Waals surface area contributed by atoms with Crippen LogP contribution in [0.4, 0.5) is 5.82 Å². The van der Waals surface area contributed by atoms with E-state index in [1.807, 2.05) is 24.3 Å². The standard InChI is InChI=1S/C29H24Cl2N4S/c30-23-10-6-20(7-11-23)25-18-36-29-26(25)28(32-19-33-29)35-16-14-34(15-17-35)27(21-4-2-1-3-5-21)22-8-12-24(31)13-9-22/h1-13,18-19,27H,14-17H2. The second kappa shape index (κ2) is 10.2. The summed E-state index contributed by atoms with van der Waals surface area (Å²) in [5.74, 6) is 1.01. The number of nitrogens with zero attached hydrogens (tertiary/aromatic N) is 4. The lowest BCUT2D eigenvalue weighted by Crippen LogP contribution is -2.48. The van der Waals surface area contributed by atoms with Crippen LogP contribution in [-0.4, -0.2) is 41.0 Å². The van der Waals surface area contributed by atoms with Gasteiger partial charge in [0.05, 0.1) is 11.4 Å². The molecule has 4 nitrogen and oxygen atoms in total. The van der Waals surface area contributed by atoms with Crippen LogP contribution >= 0.6 is 34.5 Å². The Morgan fingerprint density at radius 2 is 1.36 bits per heavy atom. The number of benzene rings is 3. The van der Waals surface area contributed by atoms with Gasteiger partial charge in [0.2, 0.25) is 0 Å². The van der Waals surface area contributed by atoms with Gasteiger partial charge in [-0.1, -0.05) is 77.8 Å². The van der Waals surface area contributed by atoms with Gasteiger partial charge in [-0.15, -0.1) is 11.3 Å². The van der Waals surface area contributed by atoms with Crippen LogP contribution in [0.2, 0.25) is 10.0 Å². The minimum Gasteiger partial charge on any atom is -0.353 e. The van der Waals surface area contributed by atoms with Crippen LogP contribution in [0.15, 0.2) is 90.6 Å².